The molecule has 0 saturated heterocycles. The molecule has 0 atom stereocenters. The van der Waals surface area contributed by atoms with Crippen LogP contribution in [-0.2, 0) is 9.59 Å². The molecule has 0 unspecified atom stereocenters. The van der Waals surface area contributed by atoms with Gasteiger partial charge in [-0.1, -0.05) is 27.9 Å². The zero-order chi connectivity index (χ0) is 14.3. The second kappa shape index (κ2) is 7.44. The van der Waals surface area contributed by atoms with Gasteiger partial charge in [0, 0.05) is 4.47 Å². The van der Waals surface area contributed by atoms with Crippen LogP contribution in [-0.4, -0.2) is 41.6 Å². The van der Waals surface area contributed by atoms with Crippen LogP contribution in [0.3, 0.4) is 0 Å². The summed E-state index contributed by atoms with van der Waals surface area (Å²) in [5.41, 5.74) is 0. The standard InChI is InChI=1S/C13H12BrNO4/c1-2-6-15(8-13(17)18)12(16)9-19-11-5-3-4-10(14)7-11/h1,3-5,7H,6,8-9H2,(H,17,18). The van der Waals surface area contributed by atoms with Gasteiger partial charge in [-0.25, -0.2) is 0 Å². The van der Waals surface area contributed by atoms with E-state index >= 15 is 0 Å². The fraction of sp³-hybridized carbons (Fsp3) is 0.231. The van der Waals surface area contributed by atoms with E-state index in [1.807, 2.05) is 6.07 Å². The lowest BCUT2D eigenvalue weighted by atomic mass is 10.3. The Kier molecular flexibility index (Phi) is 5.90. The maximum absolute atomic E-state index is 11.8. The van der Waals surface area contributed by atoms with Gasteiger partial charge in [0.25, 0.3) is 5.91 Å². The van der Waals surface area contributed by atoms with Gasteiger partial charge in [-0.2, -0.15) is 0 Å². The van der Waals surface area contributed by atoms with Gasteiger partial charge in [-0.15, -0.1) is 6.42 Å². The summed E-state index contributed by atoms with van der Waals surface area (Å²) >= 11 is 3.28. The smallest absolute Gasteiger partial charge is 0.323 e. The molecule has 0 aliphatic carbocycles. The molecule has 1 aromatic carbocycles. The Hall–Kier alpha value is -2.00. The number of carboxylic acids is 1. The molecule has 0 spiro atoms. The topological polar surface area (TPSA) is 66.8 Å². The third-order valence-corrected chi connectivity index (χ3v) is 2.61. The summed E-state index contributed by atoms with van der Waals surface area (Å²) in [6, 6.07) is 6.99. The molecular weight excluding hydrogens is 314 g/mol. The van der Waals surface area contributed by atoms with Gasteiger partial charge in [0.05, 0.1) is 6.54 Å². The molecule has 1 amide bonds. The van der Waals surface area contributed by atoms with E-state index in [9.17, 15) is 9.59 Å². The number of benzene rings is 1. The van der Waals surface area contributed by atoms with Crippen LogP contribution in [0.25, 0.3) is 0 Å². The van der Waals surface area contributed by atoms with E-state index in [2.05, 4.69) is 21.9 Å². The van der Waals surface area contributed by atoms with Gasteiger partial charge < -0.3 is 14.7 Å². The van der Waals surface area contributed by atoms with Crippen molar-refractivity contribution in [2.24, 2.45) is 0 Å². The summed E-state index contributed by atoms with van der Waals surface area (Å²) in [6.45, 7) is -0.761. The van der Waals surface area contributed by atoms with Crippen LogP contribution in [0.15, 0.2) is 28.7 Å². The minimum Gasteiger partial charge on any atom is -0.484 e. The first-order valence-electron chi connectivity index (χ1n) is 5.34. The molecule has 0 aromatic heterocycles. The quantitative estimate of drug-likeness (QED) is 0.802. The zero-order valence-electron chi connectivity index (χ0n) is 10.0. The highest BCUT2D eigenvalue weighted by atomic mass is 79.9. The Balaban J connectivity index is 2.57. The van der Waals surface area contributed by atoms with Crippen molar-refractivity contribution in [3.8, 4) is 18.1 Å². The number of terminal acetylenes is 1. The van der Waals surface area contributed by atoms with Crippen molar-refractivity contribution < 1.29 is 19.4 Å². The van der Waals surface area contributed by atoms with E-state index in [1.165, 1.54) is 0 Å². The minimum atomic E-state index is -1.12. The van der Waals surface area contributed by atoms with Crippen LogP contribution >= 0.6 is 15.9 Å². The molecular formula is C13H12BrNO4. The summed E-state index contributed by atoms with van der Waals surface area (Å²) in [5, 5.41) is 8.67. The molecule has 1 aromatic rings. The average molecular weight is 326 g/mol. The van der Waals surface area contributed by atoms with Gasteiger partial charge in [0.15, 0.2) is 6.61 Å². The normalized spacial score (nSPS) is 9.47. The summed E-state index contributed by atoms with van der Waals surface area (Å²) < 4.78 is 6.10. The van der Waals surface area contributed by atoms with Gasteiger partial charge in [0.1, 0.15) is 12.3 Å². The third kappa shape index (κ3) is 5.44. The lowest BCUT2D eigenvalue weighted by Gasteiger charge is -2.18. The lowest BCUT2D eigenvalue weighted by Crippen LogP contribution is -2.38. The van der Waals surface area contributed by atoms with Gasteiger partial charge in [0.2, 0.25) is 0 Å². The highest BCUT2D eigenvalue weighted by molar-refractivity contribution is 9.10. The first kappa shape index (κ1) is 15.1. The van der Waals surface area contributed by atoms with E-state index in [1.54, 1.807) is 18.2 Å². The van der Waals surface area contributed by atoms with Gasteiger partial charge >= 0.3 is 5.97 Å². The van der Waals surface area contributed by atoms with E-state index in [4.69, 9.17) is 16.3 Å². The predicted molar refractivity (Wildman–Crippen MR) is 72.7 cm³/mol. The number of halogens is 1. The number of rotatable bonds is 6. The summed E-state index contributed by atoms with van der Waals surface area (Å²) in [6.07, 6.45) is 5.09. The number of carbonyl (C=O) groups is 2. The summed E-state index contributed by atoms with van der Waals surface area (Å²) in [7, 11) is 0. The van der Waals surface area contributed by atoms with Crippen molar-refractivity contribution in [2.75, 3.05) is 19.7 Å². The van der Waals surface area contributed by atoms with E-state index in [0.717, 1.165) is 9.37 Å². The van der Waals surface area contributed by atoms with Crippen LogP contribution in [0.2, 0.25) is 0 Å². The molecule has 0 bridgehead atoms. The van der Waals surface area contributed by atoms with Crippen molar-refractivity contribution in [1.29, 1.82) is 0 Å². The fourth-order valence-corrected chi connectivity index (χ4v) is 1.68. The second-order valence-corrected chi connectivity index (χ2v) is 4.51. The summed E-state index contributed by atoms with van der Waals surface area (Å²) in [4.78, 5) is 23.4. The van der Waals surface area contributed by atoms with Crippen molar-refractivity contribution in [3.05, 3.63) is 28.7 Å². The molecule has 0 saturated carbocycles. The molecule has 1 N–H and O–H groups in total. The Morgan fingerprint density at radius 2 is 2.21 bits per heavy atom. The molecule has 0 aliphatic rings. The maximum Gasteiger partial charge on any atom is 0.323 e. The van der Waals surface area contributed by atoms with Crippen LogP contribution < -0.4 is 4.74 Å². The first-order chi connectivity index (χ1) is 9.02. The number of nitrogens with zero attached hydrogens (tertiary/aromatic N) is 1. The number of ether oxygens (including phenoxy) is 1. The Labute approximate surface area is 119 Å². The molecule has 1 rings (SSSR count). The number of hydrogen-bond acceptors (Lipinski definition) is 3. The highest BCUT2D eigenvalue weighted by Gasteiger charge is 2.16. The summed E-state index contributed by atoms with van der Waals surface area (Å²) in [5.74, 6) is 1.16. The van der Waals surface area contributed by atoms with Crippen molar-refractivity contribution in [3.63, 3.8) is 0 Å². The minimum absolute atomic E-state index is 0.0625. The van der Waals surface area contributed by atoms with Crippen molar-refractivity contribution >= 4 is 27.8 Å². The molecule has 5 nitrogen and oxygen atoms in total. The third-order valence-electron chi connectivity index (χ3n) is 2.12. The predicted octanol–water partition coefficient (Wildman–Crippen LogP) is 1.37. The number of hydrogen-bond donors (Lipinski definition) is 1. The molecule has 100 valence electrons. The largest absolute Gasteiger partial charge is 0.484 e. The van der Waals surface area contributed by atoms with E-state index in [0.29, 0.717) is 5.75 Å². The monoisotopic (exact) mass is 325 g/mol. The van der Waals surface area contributed by atoms with Crippen LogP contribution in [0, 0.1) is 12.3 Å². The first-order valence-corrected chi connectivity index (χ1v) is 6.13. The number of carbonyl (C=O) groups excluding carboxylic acids is 1. The number of carboxylic acid groups (broad SMARTS) is 1. The van der Waals surface area contributed by atoms with Crippen LogP contribution in [0.5, 0.6) is 5.75 Å². The van der Waals surface area contributed by atoms with Gasteiger partial charge in [-0.3, -0.25) is 9.59 Å². The van der Waals surface area contributed by atoms with Crippen molar-refractivity contribution in [1.82, 2.24) is 4.90 Å². The lowest BCUT2D eigenvalue weighted by molar-refractivity contribution is -0.144. The Morgan fingerprint density at radius 1 is 1.47 bits per heavy atom. The fourth-order valence-electron chi connectivity index (χ4n) is 1.30. The Morgan fingerprint density at radius 3 is 2.79 bits per heavy atom. The molecule has 6 heteroatoms. The number of aliphatic carboxylic acids is 1. The van der Waals surface area contributed by atoms with E-state index < -0.39 is 18.4 Å². The van der Waals surface area contributed by atoms with Crippen molar-refractivity contribution in [2.45, 2.75) is 0 Å². The highest BCUT2D eigenvalue weighted by Crippen LogP contribution is 2.17. The maximum atomic E-state index is 11.8. The molecule has 19 heavy (non-hydrogen) atoms. The van der Waals surface area contributed by atoms with Gasteiger partial charge in [-0.05, 0) is 18.2 Å². The molecule has 0 fully saturated rings. The molecule has 0 aliphatic heterocycles. The van der Waals surface area contributed by atoms with Crippen LogP contribution in [0.4, 0.5) is 0 Å². The SMILES string of the molecule is C#CCN(CC(=O)O)C(=O)COc1cccc(Br)c1. The molecule has 0 radical (unpaired) electrons. The van der Waals surface area contributed by atoms with E-state index in [-0.39, 0.29) is 13.2 Å². The number of amides is 1. The average Bonchev–Trinajstić information content (AvgIpc) is 2.35. The Bertz CT molecular complexity index is 510. The second-order valence-electron chi connectivity index (χ2n) is 3.59. The zero-order valence-corrected chi connectivity index (χ0v) is 11.6. The van der Waals surface area contributed by atoms with Crippen LogP contribution in [0.1, 0.15) is 0 Å². The molecule has 0 heterocycles.